The summed E-state index contributed by atoms with van der Waals surface area (Å²) in [5, 5.41) is 0. The van der Waals surface area contributed by atoms with Crippen molar-refractivity contribution in [3.8, 4) is 0 Å². The molecule has 1 heteroatoms. The molecule has 2 aliphatic carbocycles. The Morgan fingerprint density at radius 3 is 2.38 bits per heavy atom. The Balaban J connectivity index is 1.81. The zero-order valence-corrected chi connectivity index (χ0v) is 12.1. The van der Waals surface area contributed by atoms with Gasteiger partial charge in [0.05, 0.1) is 0 Å². The maximum atomic E-state index is 3.15. The number of hydrogen-bond acceptors (Lipinski definition) is 0. The molecule has 94 valence electrons. The molecule has 4 unspecified atom stereocenters. The van der Waals surface area contributed by atoms with Crippen molar-refractivity contribution in [3.63, 3.8) is 0 Å². The van der Waals surface area contributed by atoms with Gasteiger partial charge in [0.2, 0.25) is 0 Å². The summed E-state index contributed by atoms with van der Waals surface area (Å²) in [5.41, 5.74) is 0.935. The lowest BCUT2D eigenvalue weighted by molar-refractivity contribution is 0.207. The quantitative estimate of drug-likeness (QED) is 0.607. The summed E-state index contributed by atoms with van der Waals surface area (Å²) in [7, 11) is 3.15. The van der Waals surface area contributed by atoms with Crippen LogP contribution in [0.25, 0.3) is 0 Å². The van der Waals surface area contributed by atoms with E-state index in [4.69, 9.17) is 0 Å². The van der Waals surface area contributed by atoms with Crippen molar-refractivity contribution in [3.05, 3.63) is 0 Å². The van der Waals surface area contributed by atoms with E-state index in [-0.39, 0.29) is 0 Å². The summed E-state index contributed by atoms with van der Waals surface area (Å²) in [6, 6.07) is 0. The van der Waals surface area contributed by atoms with Gasteiger partial charge in [0.1, 0.15) is 0 Å². The first-order valence-electron chi connectivity index (χ1n) is 7.55. The van der Waals surface area contributed by atoms with E-state index in [0.29, 0.717) is 0 Å². The van der Waals surface area contributed by atoms with Gasteiger partial charge >= 0.3 is 0 Å². The Morgan fingerprint density at radius 2 is 1.69 bits per heavy atom. The second-order valence-corrected chi connectivity index (χ2v) is 7.11. The average molecular weight is 240 g/mol. The molecule has 0 nitrogen and oxygen atoms in total. The second kappa shape index (κ2) is 6.39. The van der Waals surface area contributed by atoms with Crippen molar-refractivity contribution in [2.45, 2.75) is 76.8 Å². The maximum Gasteiger partial charge on any atom is -0.0236 e. The minimum Gasteiger partial charge on any atom is -0.134 e. The van der Waals surface area contributed by atoms with E-state index in [9.17, 15) is 0 Å². The van der Waals surface area contributed by atoms with E-state index < -0.39 is 0 Å². The standard InChI is InChI=1S/C15H29P/c1-2-12-8-9-15(16)14(10-12)11-13-6-4-3-5-7-13/h12-15H,2-11,16H2,1H3. The molecule has 0 amide bonds. The van der Waals surface area contributed by atoms with E-state index in [2.05, 4.69) is 16.2 Å². The van der Waals surface area contributed by atoms with Crippen molar-refractivity contribution < 1.29 is 0 Å². The molecule has 0 heterocycles. The van der Waals surface area contributed by atoms with E-state index in [1.807, 2.05) is 0 Å². The fourth-order valence-corrected chi connectivity index (χ4v) is 4.38. The molecule has 0 N–H and O–H groups in total. The maximum absolute atomic E-state index is 3.15. The van der Waals surface area contributed by atoms with Crippen LogP contribution in [0.5, 0.6) is 0 Å². The molecule has 2 saturated carbocycles. The lowest BCUT2D eigenvalue weighted by Crippen LogP contribution is -2.27. The fourth-order valence-electron chi connectivity index (χ4n) is 3.88. The Hall–Kier alpha value is 0.430. The van der Waals surface area contributed by atoms with Crippen molar-refractivity contribution in [1.29, 1.82) is 0 Å². The third kappa shape index (κ3) is 3.46. The Bertz CT molecular complexity index is 196. The first-order chi connectivity index (χ1) is 7.79. The van der Waals surface area contributed by atoms with Gasteiger partial charge in [-0.05, 0) is 49.1 Å². The van der Waals surface area contributed by atoms with Crippen LogP contribution in [0.2, 0.25) is 0 Å². The van der Waals surface area contributed by atoms with Crippen LogP contribution in [0, 0.1) is 17.8 Å². The molecule has 16 heavy (non-hydrogen) atoms. The highest BCUT2D eigenvalue weighted by Crippen LogP contribution is 2.41. The zero-order valence-electron chi connectivity index (χ0n) is 11.0. The molecule has 0 bridgehead atoms. The van der Waals surface area contributed by atoms with Crippen molar-refractivity contribution in [2.75, 3.05) is 0 Å². The zero-order chi connectivity index (χ0) is 11.4. The highest BCUT2D eigenvalue weighted by atomic mass is 31.0. The van der Waals surface area contributed by atoms with Crippen LogP contribution in [0.15, 0.2) is 0 Å². The highest BCUT2D eigenvalue weighted by molar-refractivity contribution is 7.17. The lowest BCUT2D eigenvalue weighted by atomic mass is 9.73. The van der Waals surface area contributed by atoms with Crippen molar-refractivity contribution in [1.82, 2.24) is 0 Å². The molecule has 2 fully saturated rings. The molecular weight excluding hydrogens is 211 g/mol. The van der Waals surface area contributed by atoms with Crippen LogP contribution in [-0.4, -0.2) is 5.66 Å². The minimum absolute atomic E-state index is 0.935. The SMILES string of the molecule is CCC1CCC(P)C(CC2CCCCC2)C1. The fraction of sp³-hybridized carbons (Fsp3) is 1.00. The number of rotatable bonds is 3. The first-order valence-corrected chi connectivity index (χ1v) is 8.21. The van der Waals surface area contributed by atoms with Gasteiger partial charge in [0.25, 0.3) is 0 Å². The molecular formula is C15H29P. The van der Waals surface area contributed by atoms with E-state index in [1.54, 1.807) is 6.42 Å². The predicted molar refractivity (Wildman–Crippen MR) is 75.8 cm³/mol. The van der Waals surface area contributed by atoms with E-state index in [1.165, 1.54) is 57.8 Å². The van der Waals surface area contributed by atoms with E-state index in [0.717, 1.165) is 23.4 Å². The topological polar surface area (TPSA) is 0 Å². The van der Waals surface area contributed by atoms with Crippen molar-refractivity contribution >= 4 is 9.24 Å². The molecule has 0 aromatic carbocycles. The summed E-state index contributed by atoms with van der Waals surface area (Å²) >= 11 is 0. The van der Waals surface area contributed by atoms with Crippen LogP contribution in [0.4, 0.5) is 0 Å². The van der Waals surface area contributed by atoms with Crippen LogP contribution in [0.1, 0.15) is 71.1 Å². The lowest BCUT2D eigenvalue weighted by Gasteiger charge is -2.36. The van der Waals surface area contributed by atoms with Crippen LogP contribution >= 0.6 is 9.24 Å². The molecule has 2 rings (SSSR count). The molecule has 2 aliphatic rings. The predicted octanol–water partition coefficient (Wildman–Crippen LogP) is 5.03. The second-order valence-electron chi connectivity index (χ2n) is 6.25. The molecule has 0 spiro atoms. The minimum atomic E-state index is 0.935. The van der Waals surface area contributed by atoms with Gasteiger partial charge in [-0.3, -0.25) is 0 Å². The Labute approximate surface area is 104 Å². The average Bonchev–Trinajstić information content (AvgIpc) is 2.33. The van der Waals surface area contributed by atoms with Gasteiger partial charge in [0.15, 0.2) is 0 Å². The molecule has 4 atom stereocenters. The summed E-state index contributed by atoms with van der Waals surface area (Å²) in [4.78, 5) is 0. The molecule has 0 aromatic heterocycles. The Kier molecular flexibility index (Phi) is 5.14. The summed E-state index contributed by atoms with van der Waals surface area (Å²) < 4.78 is 0. The molecule has 0 radical (unpaired) electrons. The summed E-state index contributed by atoms with van der Waals surface area (Å²) in [6.07, 6.45) is 15.0. The summed E-state index contributed by atoms with van der Waals surface area (Å²) in [6.45, 7) is 2.38. The van der Waals surface area contributed by atoms with Gasteiger partial charge in [0, 0.05) is 0 Å². The van der Waals surface area contributed by atoms with Gasteiger partial charge in [-0.2, -0.15) is 0 Å². The van der Waals surface area contributed by atoms with Gasteiger partial charge < -0.3 is 0 Å². The normalized spacial score (nSPS) is 37.5. The van der Waals surface area contributed by atoms with Crippen LogP contribution in [0.3, 0.4) is 0 Å². The van der Waals surface area contributed by atoms with Gasteiger partial charge in [-0.25, -0.2) is 0 Å². The first kappa shape index (κ1) is 12.9. The smallest absolute Gasteiger partial charge is 0.0236 e. The third-order valence-electron chi connectivity index (χ3n) is 5.09. The van der Waals surface area contributed by atoms with E-state index >= 15 is 0 Å². The molecule has 0 aliphatic heterocycles. The molecule has 0 aromatic rings. The largest absolute Gasteiger partial charge is 0.134 e. The summed E-state index contributed by atoms with van der Waals surface area (Å²) in [5.74, 6) is 3.16. The van der Waals surface area contributed by atoms with Crippen molar-refractivity contribution in [2.24, 2.45) is 17.8 Å². The number of hydrogen-bond donors (Lipinski definition) is 0. The molecule has 0 saturated heterocycles. The Morgan fingerprint density at radius 1 is 0.938 bits per heavy atom. The van der Waals surface area contributed by atoms with Crippen LogP contribution < -0.4 is 0 Å². The van der Waals surface area contributed by atoms with Gasteiger partial charge in [-0.15, -0.1) is 9.24 Å². The monoisotopic (exact) mass is 240 g/mol. The highest BCUT2D eigenvalue weighted by Gasteiger charge is 2.29. The van der Waals surface area contributed by atoms with Gasteiger partial charge in [-0.1, -0.05) is 45.4 Å². The van der Waals surface area contributed by atoms with Crippen LogP contribution in [-0.2, 0) is 0 Å². The third-order valence-corrected chi connectivity index (χ3v) is 5.97.